The maximum Gasteiger partial charge on any atom is 0.123 e. The Kier molecular flexibility index (Phi) is 2.86. The molecule has 0 rings (SSSR count). The van der Waals surface area contributed by atoms with Crippen molar-refractivity contribution < 1.29 is 4.84 Å². The van der Waals surface area contributed by atoms with E-state index >= 15 is 0 Å². The summed E-state index contributed by atoms with van der Waals surface area (Å²) in [4.78, 5) is 4.31. The van der Waals surface area contributed by atoms with E-state index in [2.05, 4.69) is 4.84 Å². The van der Waals surface area contributed by atoms with Gasteiger partial charge in [0, 0.05) is 0 Å². The van der Waals surface area contributed by atoms with Crippen LogP contribution in [0.25, 0.3) is 0 Å². The Morgan fingerprint density at radius 3 is 2.29 bits per heavy atom. The van der Waals surface area contributed by atoms with Crippen LogP contribution in [0.1, 0.15) is 6.92 Å². The summed E-state index contributed by atoms with van der Waals surface area (Å²) in [7, 11) is 1.24. The van der Waals surface area contributed by atoms with Gasteiger partial charge in [-0.2, -0.15) is 0 Å². The Labute approximate surface area is 42.4 Å². The lowest BCUT2D eigenvalue weighted by molar-refractivity contribution is -0.138. The molecule has 0 unspecified atom stereocenters. The molecule has 0 aliphatic carbocycles. The molecule has 0 heterocycles. The fourth-order valence-electron chi connectivity index (χ4n) is 0.234. The highest BCUT2D eigenvalue weighted by Gasteiger charge is 1.87. The first-order valence-electron chi connectivity index (χ1n) is 1.96. The molecule has 0 aliphatic rings. The third kappa shape index (κ3) is 5.84. The van der Waals surface area contributed by atoms with Crippen LogP contribution in [0.4, 0.5) is 0 Å². The molecule has 0 aromatic rings. The molecule has 0 fully saturated rings. The van der Waals surface area contributed by atoms with Crippen molar-refractivity contribution in [2.45, 2.75) is 13.2 Å². The summed E-state index contributed by atoms with van der Waals surface area (Å²) in [5.41, 5.74) is 5.03. The lowest BCUT2D eigenvalue weighted by atomic mass is 10.7. The van der Waals surface area contributed by atoms with Gasteiger partial charge in [-0.3, -0.25) is 10.1 Å². The molecule has 44 valence electrons. The Bertz CT molecular complexity index is 40.2. The van der Waals surface area contributed by atoms with E-state index in [9.17, 15) is 5.21 Å². The molecule has 1 atom stereocenters. The van der Waals surface area contributed by atoms with E-state index in [1.165, 1.54) is 7.05 Å². The molecule has 0 spiro atoms. The molecule has 4 heteroatoms. The molecule has 4 nitrogen and oxygen atoms in total. The third-order valence-electron chi connectivity index (χ3n) is 0.315. The minimum atomic E-state index is -0.512. The second kappa shape index (κ2) is 2.92. The summed E-state index contributed by atoms with van der Waals surface area (Å²) < 4.78 is 0. The maximum atomic E-state index is 9.87. The highest BCUT2D eigenvalue weighted by Crippen LogP contribution is 1.81. The minimum Gasteiger partial charge on any atom is -0.762 e. The number of nitrogens with two attached hydrogens (primary N) is 1. The lowest BCUT2D eigenvalue weighted by Gasteiger charge is -2.22. The molecule has 0 aliphatic heterocycles. The largest absolute Gasteiger partial charge is 0.762 e. The monoisotopic (exact) mass is 105 g/mol. The van der Waals surface area contributed by atoms with Gasteiger partial charge in [-0.05, 0) is 14.0 Å². The van der Waals surface area contributed by atoms with Gasteiger partial charge in [-0.25, -0.2) is 0 Å². The Balaban J connectivity index is 2.95. The van der Waals surface area contributed by atoms with Gasteiger partial charge < -0.3 is 10.9 Å². The van der Waals surface area contributed by atoms with Gasteiger partial charge in [0.05, 0.1) is 0 Å². The van der Waals surface area contributed by atoms with Crippen molar-refractivity contribution in [1.29, 1.82) is 0 Å². The van der Waals surface area contributed by atoms with E-state index in [0.29, 0.717) is 5.23 Å². The summed E-state index contributed by atoms with van der Waals surface area (Å²) in [6.07, 6.45) is -0.512. The van der Waals surface area contributed by atoms with Crippen molar-refractivity contribution >= 4 is 0 Å². The van der Waals surface area contributed by atoms with Crippen LogP contribution in [-0.4, -0.2) is 18.5 Å². The topological polar surface area (TPSA) is 61.5 Å². The zero-order chi connectivity index (χ0) is 5.86. The van der Waals surface area contributed by atoms with Gasteiger partial charge in [0.2, 0.25) is 0 Å². The molecule has 0 saturated heterocycles. The van der Waals surface area contributed by atoms with Gasteiger partial charge in [0.1, 0.15) is 6.23 Å². The molecule has 0 saturated carbocycles. The zero-order valence-corrected chi connectivity index (χ0v) is 4.42. The zero-order valence-electron chi connectivity index (χ0n) is 4.42. The average molecular weight is 105 g/mol. The fraction of sp³-hybridized carbons (Fsp3) is 1.00. The van der Waals surface area contributed by atoms with Crippen LogP contribution in [0.15, 0.2) is 0 Å². The van der Waals surface area contributed by atoms with Gasteiger partial charge in [-0.1, -0.05) is 0 Å². The van der Waals surface area contributed by atoms with E-state index < -0.39 is 6.23 Å². The van der Waals surface area contributed by atoms with Crippen molar-refractivity contribution in [2.75, 3.05) is 7.05 Å². The molecule has 0 radical (unpaired) electrons. The quantitative estimate of drug-likeness (QED) is 0.385. The molecule has 0 amide bonds. The second-order valence-electron chi connectivity index (χ2n) is 1.25. The van der Waals surface area contributed by atoms with E-state index in [4.69, 9.17) is 5.73 Å². The van der Waals surface area contributed by atoms with Crippen LogP contribution < -0.4 is 5.73 Å². The summed E-state index contributed by atoms with van der Waals surface area (Å²) in [5.74, 6) is 0. The predicted octanol–water partition coefficient (Wildman–Crippen LogP) is -0.348. The smallest absolute Gasteiger partial charge is 0.123 e. The lowest BCUT2D eigenvalue weighted by Crippen LogP contribution is -2.26. The number of hydrogen-bond acceptors (Lipinski definition) is 4. The van der Waals surface area contributed by atoms with Crippen LogP contribution >= 0.6 is 0 Å². The van der Waals surface area contributed by atoms with Gasteiger partial charge in [0.15, 0.2) is 0 Å². The highest BCUT2D eigenvalue weighted by molar-refractivity contribution is 4.31. The second-order valence-corrected chi connectivity index (χ2v) is 1.25. The van der Waals surface area contributed by atoms with Crippen molar-refractivity contribution in [3.8, 4) is 0 Å². The number of nitrogens with zero attached hydrogens (tertiary/aromatic N) is 1. The predicted molar refractivity (Wildman–Crippen MR) is 25.9 cm³/mol. The molecule has 2 N–H and O–H groups in total. The average Bonchev–Trinajstić information content (AvgIpc) is 1.27. The Morgan fingerprint density at radius 1 is 1.86 bits per heavy atom. The minimum absolute atomic E-state index is 0.324. The molecule has 0 bridgehead atoms. The summed E-state index contributed by atoms with van der Waals surface area (Å²) >= 11 is 0. The van der Waals surface area contributed by atoms with Gasteiger partial charge >= 0.3 is 0 Å². The van der Waals surface area contributed by atoms with Gasteiger partial charge in [-0.15, -0.1) is 0 Å². The van der Waals surface area contributed by atoms with Crippen LogP contribution in [0.3, 0.4) is 0 Å². The SMILES string of the molecule is C[C@H](N)ON(C)[O-]. The van der Waals surface area contributed by atoms with Crippen molar-refractivity contribution in [2.24, 2.45) is 5.73 Å². The Morgan fingerprint density at radius 2 is 2.29 bits per heavy atom. The van der Waals surface area contributed by atoms with Crippen LogP contribution in [0, 0.1) is 5.21 Å². The van der Waals surface area contributed by atoms with Crippen LogP contribution in [0.5, 0.6) is 0 Å². The third-order valence-corrected chi connectivity index (χ3v) is 0.315. The van der Waals surface area contributed by atoms with Crippen molar-refractivity contribution in [3.05, 3.63) is 5.21 Å². The normalized spacial score (nSPS) is 15.0. The summed E-state index contributed by atoms with van der Waals surface area (Å²) in [5, 5.41) is 10.2. The molecule has 0 aromatic heterocycles. The molecule has 0 aromatic carbocycles. The first-order chi connectivity index (χ1) is 3.13. The maximum absolute atomic E-state index is 9.87. The van der Waals surface area contributed by atoms with E-state index in [-0.39, 0.29) is 0 Å². The highest BCUT2D eigenvalue weighted by atomic mass is 16.9. The van der Waals surface area contributed by atoms with Crippen LogP contribution in [-0.2, 0) is 4.84 Å². The summed E-state index contributed by atoms with van der Waals surface area (Å²) in [6, 6.07) is 0. The molecular formula is C3H9N2O2-. The first kappa shape index (κ1) is 6.84. The number of rotatable bonds is 2. The number of hydrogen-bond donors (Lipinski definition) is 1. The van der Waals surface area contributed by atoms with E-state index in [1.54, 1.807) is 6.92 Å². The molecular weight excluding hydrogens is 96.0 g/mol. The first-order valence-corrected chi connectivity index (χ1v) is 1.96. The van der Waals surface area contributed by atoms with Crippen LogP contribution in [0.2, 0.25) is 0 Å². The van der Waals surface area contributed by atoms with Crippen molar-refractivity contribution in [1.82, 2.24) is 5.23 Å². The van der Waals surface area contributed by atoms with Gasteiger partial charge in [0.25, 0.3) is 0 Å². The van der Waals surface area contributed by atoms with E-state index in [1.807, 2.05) is 0 Å². The standard InChI is InChI=1S/C3H9N2O2/c1-3(4)7-5(2)6/h3H,4H2,1-2H3/q-1/t3-/m1/s1. The summed E-state index contributed by atoms with van der Waals surface area (Å²) in [6.45, 7) is 1.58. The van der Waals surface area contributed by atoms with Crippen molar-refractivity contribution in [3.63, 3.8) is 0 Å². The molecule has 7 heavy (non-hydrogen) atoms. The van der Waals surface area contributed by atoms with E-state index in [0.717, 1.165) is 0 Å². The fourth-order valence-corrected chi connectivity index (χ4v) is 0.234. The number of hydroxylamine groups is 2. The Hall–Kier alpha value is -0.160.